The molecular formula is C26H32N2O4. The second-order valence-electron chi connectivity index (χ2n) is 8.13. The van der Waals surface area contributed by atoms with Crippen LogP contribution >= 0.6 is 0 Å². The lowest BCUT2D eigenvalue weighted by atomic mass is 10.1. The first-order valence-electron chi connectivity index (χ1n) is 11.5. The van der Waals surface area contributed by atoms with E-state index in [4.69, 9.17) is 4.74 Å². The lowest BCUT2D eigenvalue weighted by molar-refractivity contribution is -0.116. The van der Waals surface area contributed by atoms with E-state index in [9.17, 15) is 14.4 Å². The van der Waals surface area contributed by atoms with Gasteiger partial charge in [0.25, 0.3) is 11.8 Å². The molecule has 2 aromatic carbocycles. The Labute approximate surface area is 189 Å². The zero-order chi connectivity index (χ0) is 22.8. The lowest BCUT2D eigenvalue weighted by Gasteiger charge is -2.13. The number of unbranched alkanes of at least 4 members (excludes halogenated alkanes) is 7. The number of methoxy groups -OCH3 is 1. The van der Waals surface area contributed by atoms with E-state index < -0.39 is 0 Å². The number of carbonyl (C=O) groups is 3. The summed E-state index contributed by atoms with van der Waals surface area (Å²) < 4.78 is 5.25. The van der Waals surface area contributed by atoms with Crippen LogP contribution in [0, 0.1) is 0 Å². The molecule has 32 heavy (non-hydrogen) atoms. The van der Waals surface area contributed by atoms with Gasteiger partial charge < -0.3 is 10.1 Å². The number of nitrogens with one attached hydrogen (secondary N) is 1. The van der Waals surface area contributed by atoms with Crippen LogP contribution in [0.1, 0.15) is 78.5 Å². The van der Waals surface area contributed by atoms with Gasteiger partial charge >= 0.3 is 0 Å². The molecule has 0 aliphatic carbocycles. The van der Waals surface area contributed by atoms with E-state index in [0.717, 1.165) is 51.4 Å². The van der Waals surface area contributed by atoms with Crippen LogP contribution in [0.4, 0.5) is 5.69 Å². The molecule has 1 aliphatic heterocycles. The minimum absolute atomic E-state index is 0.0163. The highest BCUT2D eigenvalue weighted by Crippen LogP contribution is 2.24. The minimum atomic E-state index is -0.166. The minimum Gasteiger partial charge on any atom is -0.495 e. The molecule has 170 valence electrons. The average Bonchev–Trinajstić information content (AvgIpc) is 3.05. The number of imide groups is 1. The molecule has 3 rings (SSSR count). The van der Waals surface area contributed by atoms with Gasteiger partial charge in [0, 0.05) is 13.0 Å². The van der Waals surface area contributed by atoms with E-state index in [1.54, 1.807) is 31.4 Å². The van der Waals surface area contributed by atoms with Crippen LogP contribution in [0.3, 0.4) is 0 Å². The lowest BCUT2D eigenvalue weighted by Crippen LogP contribution is -2.30. The highest BCUT2D eigenvalue weighted by Gasteiger charge is 2.34. The quantitative estimate of drug-likeness (QED) is 0.335. The topological polar surface area (TPSA) is 75.7 Å². The average molecular weight is 437 g/mol. The first-order valence-corrected chi connectivity index (χ1v) is 11.5. The summed E-state index contributed by atoms with van der Waals surface area (Å²) in [4.78, 5) is 38.1. The van der Waals surface area contributed by atoms with Gasteiger partial charge in [-0.3, -0.25) is 19.3 Å². The molecule has 1 aliphatic rings. The van der Waals surface area contributed by atoms with E-state index in [2.05, 4.69) is 5.32 Å². The number of ether oxygens (including phenoxy) is 1. The highest BCUT2D eigenvalue weighted by molar-refractivity contribution is 6.21. The fourth-order valence-electron chi connectivity index (χ4n) is 4.02. The Morgan fingerprint density at radius 3 is 1.94 bits per heavy atom. The van der Waals surface area contributed by atoms with Gasteiger partial charge in [0.05, 0.1) is 23.9 Å². The number of hydrogen-bond acceptors (Lipinski definition) is 4. The molecule has 0 spiro atoms. The van der Waals surface area contributed by atoms with Gasteiger partial charge in [-0.05, 0) is 37.1 Å². The van der Waals surface area contributed by atoms with Gasteiger partial charge in [-0.2, -0.15) is 0 Å². The summed E-state index contributed by atoms with van der Waals surface area (Å²) >= 11 is 0. The number of nitrogens with zero attached hydrogens (tertiary/aromatic N) is 1. The standard InChI is InChI=1S/C26H32N2O4/c1-32-23-17-12-11-16-22(23)27-24(29)18-8-6-4-2-3-5-7-13-19-28-25(30)20-14-9-10-15-21(20)26(28)31/h9-12,14-17H,2-8,13,18-19H2,1H3,(H,27,29). The third-order valence-corrected chi connectivity index (χ3v) is 5.79. The fraction of sp³-hybridized carbons (Fsp3) is 0.423. The van der Waals surface area contributed by atoms with Crippen molar-refractivity contribution in [1.82, 2.24) is 4.90 Å². The summed E-state index contributed by atoms with van der Waals surface area (Å²) in [6, 6.07) is 14.4. The summed E-state index contributed by atoms with van der Waals surface area (Å²) in [6.45, 7) is 0.494. The maximum atomic E-state index is 12.3. The predicted molar refractivity (Wildman–Crippen MR) is 125 cm³/mol. The summed E-state index contributed by atoms with van der Waals surface area (Å²) in [5.74, 6) is 0.354. The zero-order valence-corrected chi connectivity index (χ0v) is 18.8. The molecule has 0 aromatic heterocycles. The molecule has 0 unspecified atom stereocenters. The number of carbonyl (C=O) groups excluding carboxylic acids is 3. The smallest absolute Gasteiger partial charge is 0.261 e. The highest BCUT2D eigenvalue weighted by atomic mass is 16.5. The van der Waals surface area contributed by atoms with Crippen molar-refractivity contribution in [2.75, 3.05) is 19.0 Å². The molecule has 1 N–H and O–H groups in total. The number of fused-ring (bicyclic) bond motifs is 1. The number of amides is 3. The SMILES string of the molecule is COc1ccccc1NC(=O)CCCCCCCCCCN1C(=O)c2ccccc2C1=O. The molecule has 0 radical (unpaired) electrons. The molecule has 6 heteroatoms. The van der Waals surface area contributed by atoms with Crippen LogP contribution in [0.2, 0.25) is 0 Å². The third kappa shape index (κ3) is 6.19. The maximum absolute atomic E-state index is 12.3. The van der Waals surface area contributed by atoms with E-state index in [1.807, 2.05) is 24.3 Å². The normalized spacial score (nSPS) is 12.7. The van der Waals surface area contributed by atoms with Crippen molar-refractivity contribution in [3.8, 4) is 5.75 Å². The molecule has 0 bridgehead atoms. The van der Waals surface area contributed by atoms with Crippen LogP contribution in [-0.2, 0) is 4.79 Å². The second-order valence-corrected chi connectivity index (χ2v) is 8.13. The van der Waals surface area contributed by atoms with Crippen molar-refractivity contribution in [1.29, 1.82) is 0 Å². The first kappa shape index (κ1) is 23.5. The summed E-state index contributed by atoms with van der Waals surface area (Å²) in [5.41, 5.74) is 1.75. The molecule has 0 saturated heterocycles. The zero-order valence-electron chi connectivity index (χ0n) is 18.8. The Morgan fingerprint density at radius 1 is 0.781 bits per heavy atom. The van der Waals surface area contributed by atoms with Crippen molar-refractivity contribution < 1.29 is 19.1 Å². The van der Waals surface area contributed by atoms with Crippen LogP contribution in [-0.4, -0.2) is 36.3 Å². The first-order chi connectivity index (χ1) is 15.6. The molecule has 2 aromatic rings. The van der Waals surface area contributed by atoms with Crippen molar-refractivity contribution in [2.45, 2.75) is 57.8 Å². The summed E-state index contributed by atoms with van der Waals surface area (Å²) in [6.07, 6.45) is 8.76. The molecular weight excluding hydrogens is 404 g/mol. The van der Waals surface area contributed by atoms with Crippen LogP contribution in [0.25, 0.3) is 0 Å². The predicted octanol–water partition coefficient (Wildman–Crippen LogP) is 5.44. The van der Waals surface area contributed by atoms with Gasteiger partial charge in [0.1, 0.15) is 5.75 Å². The number of para-hydroxylation sites is 2. The van der Waals surface area contributed by atoms with Gasteiger partial charge in [-0.15, -0.1) is 0 Å². The molecule has 3 amide bonds. The monoisotopic (exact) mass is 436 g/mol. The number of benzene rings is 2. The van der Waals surface area contributed by atoms with Crippen molar-refractivity contribution in [3.05, 3.63) is 59.7 Å². The molecule has 1 heterocycles. The van der Waals surface area contributed by atoms with Gasteiger partial charge in [0.2, 0.25) is 5.91 Å². The fourth-order valence-corrected chi connectivity index (χ4v) is 4.02. The Hall–Kier alpha value is -3.15. The third-order valence-electron chi connectivity index (χ3n) is 5.79. The maximum Gasteiger partial charge on any atom is 0.261 e. The Balaban J connectivity index is 1.20. The Morgan fingerprint density at radius 2 is 1.31 bits per heavy atom. The Bertz CT molecular complexity index is 906. The van der Waals surface area contributed by atoms with Crippen LogP contribution in [0.5, 0.6) is 5.75 Å². The van der Waals surface area contributed by atoms with Crippen LogP contribution in [0.15, 0.2) is 48.5 Å². The number of anilines is 1. The van der Waals surface area contributed by atoms with E-state index in [-0.39, 0.29) is 17.7 Å². The van der Waals surface area contributed by atoms with Crippen molar-refractivity contribution in [2.24, 2.45) is 0 Å². The van der Waals surface area contributed by atoms with E-state index in [1.165, 1.54) is 4.90 Å². The molecule has 6 nitrogen and oxygen atoms in total. The van der Waals surface area contributed by atoms with Crippen molar-refractivity contribution in [3.63, 3.8) is 0 Å². The number of rotatable bonds is 13. The van der Waals surface area contributed by atoms with Gasteiger partial charge in [-0.25, -0.2) is 0 Å². The molecule has 0 saturated carbocycles. The van der Waals surface area contributed by atoms with E-state index >= 15 is 0 Å². The largest absolute Gasteiger partial charge is 0.495 e. The molecule has 0 atom stereocenters. The van der Waals surface area contributed by atoms with Crippen LogP contribution < -0.4 is 10.1 Å². The van der Waals surface area contributed by atoms with Crippen molar-refractivity contribution >= 4 is 23.4 Å². The van der Waals surface area contributed by atoms with Gasteiger partial charge in [0.15, 0.2) is 0 Å². The summed E-state index contributed by atoms with van der Waals surface area (Å²) in [7, 11) is 1.59. The van der Waals surface area contributed by atoms with E-state index in [0.29, 0.717) is 35.5 Å². The molecule has 0 fully saturated rings. The second kappa shape index (κ2) is 12.0. The Kier molecular flexibility index (Phi) is 8.84. The summed E-state index contributed by atoms with van der Waals surface area (Å²) in [5, 5.41) is 2.91. The number of hydrogen-bond donors (Lipinski definition) is 1. The van der Waals surface area contributed by atoms with Gasteiger partial charge in [-0.1, -0.05) is 62.8 Å².